The Labute approximate surface area is 136 Å². The Hall–Kier alpha value is -2.14. The lowest BCUT2D eigenvalue weighted by molar-refractivity contribution is 0.203. The summed E-state index contributed by atoms with van der Waals surface area (Å²) in [5.41, 5.74) is 2.14. The minimum Gasteiger partial charge on any atom is -0.396 e. The minimum absolute atomic E-state index is 0.221. The van der Waals surface area contributed by atoms with Crippen molar-refractivity contribution >= 4 is 11.5 Å². The molecule has 1 aliphatic rings. The Morgan fingerprint density at radius 2 is 1.87 bits per heavy atom. The molecule has 122 valence electrons. The largest absolute Gasteiger partial charge is 0.396 e. The summed E-state index contributed by atoms with van der Waals surface area (Å²) in [6, 6.07) is 10.5. The molecule has 1 aliphatic heterocycles. The maximum Gasteiger partial charge on any atom is 0.126 e. The summed E-state index contributed by atoms with van der Waals surface area (Å²) in [5.74, 6) is 1.03. The number of benzene rings is 1. The van der Waals surface area contributed by atoms with Gasteiger partial charge in [0.15, 0.2) is 0 Å². The van der Waals surface area contributed by atoms with Crippen molar-refractivity contribution in [3.05, 3.63) is 54.0 Å². The van der Waals surface area contributed by atoms with E-state index in [0.29, 0.717) is 19.1 Å². The molecule has 1 saturated heterocycles. The van der Waals surface area contributed by atoms with Crippen LogP contribution in [0.4, 0.5) is 15.9 Å². The Balaban J connectivity index is 1.54. The van der Waals surface area contributed by atoms with E-state index in [1.807, 2.05) is 12.3 Å². The molecule has 0 unspecified atom stereocenters. The summed E-state index contributed by atoms with van der Waals surface area (Å²) in [7, 11) is 0. The normalized spacial score (nSPS) is 15.7. The van der Waals surface area contributed by atoms with E-state index in [-0.39, 0.29) is 5.82 Å². The van der Waals surface area contributed by atoms with Gasteiger partial charge in [-0.2, -0.15) is 0 Å². The summed E-state index contributed by atoms with van der Waals surface area (Å²) in [6.07, 6.45) is 3.94. The average Bonchev–Trinajstić information content (AvgIpc) is 2.62. The van der Waals surface area contributed by atoms with Crippen LogP contribution in [0.5, 0.6) is 0 Å². The summed E-state index contributed by atoms with van der Waals surface area (Å²) in [4.78, 5) is 6.76. The molecule has 0 atom stereocenters. The number of aromatic nitrogens is 1. The zero-order valence-electron chi connectivity index (χ0n) is 13.1. The van der Waals surface area contributed by atoms with E-state index in [1.54, 1.807) is 12.1 Å². The highest BCUT2D eigenvalue weighted by molar-refractivity contribution is 5.49. The first-order valence-electron chi connectivity index (χ1n) is 8.05. The first kappa shape index (κ1) is 15.7. The lowest BCUT2D eigenvalue weighted by atomic mass is 9.98. The van der Waals surface area contributed by atoms with Gasteiger partial charge in [-0.1, -0.05) is 12.1 Å². The number of anilines is 2. The third-order valence-electron chi connectivity index (χ3n) is 4.37. The van der Waals surface area contributed by atoms with Gasteiger partial charge in [-0.15, -0.1) is 0 Å². The van der Waals surface area contributed by atoms with Crippen LogP contribution in [-0.2, 0) is 6.54 Å². The van der Waals surface area contributed by atoms with E-state index in [9.17, 15) is 9.50 Å². The lowest BCUT2D eigenvalue weighted by Gasteiger charge is -2.32. The van der Waals surface area contributed by atoms with Crippen LogP contribution in [0, 0.1) is 11.7 Å². The molecule has 2 heterocycles. The molecule has 23 heavy (non-hydrogen) atoms. The van der Waals surface area contributed by atoms with Crippen LogP contribution in [0.3, 0.4) is 0 Å². The van der Waals surface area contributed by atoms with Crippen LogP contribution in [0.2, 0.25) is 0 Å². The smallest absolute Gasteiger partial charge is 0.126 e. The number of aliphatic hydroxyl groups is 1. The third kappa shape index (κ3) is 4.20. The van der Waals surface area contributed by atoms with Crippen molar-refractivity contribution in [2.75, 3.05) is 29.9 Å². The second kappa shape index (κ2) is 7.42. The Bertz CT molecular complexity index is 607. The fourth-order valence-corrected chi connectivity index (χ4v) is 2.85. The fourth-order valence-electron chi connectivity index (χ4n) is 2.85. The highest BCUT2D eigenvalue weighted by Gasteiger charge is 2.18. The second-order valence-corrected chi connectivity index (χ2v) is 5.99. The topological polar surface area (TPSA) is 48.4 Å². The number of hydrogen-bond donors (Lipinski definition) is 2. The van der Waals surface area contributed by atoms with Gasteiger partial charge in [0.25, 0.3) is 0 Å². The van der Waals surface area contributed by atoms with Gasteiger partial charge in [0, 0.05) is 26.2 Å². The molecule has 0 spiro atoms. The SMILES string of the molecule is OCC1CCN(c2ccc(NCc3ccc(F)cc3)nc2)CC1. The van der Waals surface area contributed by atoms with E-state index in [1.165, 1.54) is 12.1 Å². The Morgan fingerprint density at radius 3 is 2.48 bits per heavy atom. The number of rotatable bonds is 5. The van der Waals surface area contributed by atoms with Crippen molar-refractivity contribution in [1.82, 2.24) is 4.98 Å². The predicted octanol–water partition coefficient (Wildman–Crippen LogP) is 3.04. The standard InChI is InChI=1S/C18H22FN3O/c19-16-3-1-14(2-4-16)11-20-18-6-5-17(12-21-18)22-9-7-15(13-23)8-10-22/h1-6,12,15,23H,7-11,13H2,(H,20,21). The maximum atomic E-state index is 12.9. The van der Waals surface area contributed by atoms with Crippen molar-refractivity contribution in [2.45, 2.75) is 19.4 Å². The van der Waals surface area contributed by atoms with Gasteiger partial charge in [0.05, 0.1) is 11.9 Å². The number of aliphatic hydroxyl groups excluding tert-OH is 1. The maximum absolute atomic E-state index is 12.9. The molecule has 1 fully saturated rings. The van der Waals surface area contributed by atoms with Gasteiger partial charge in [0.1, 0.15) is 11.6 Å². The minimum atomic E-state index is -0.221. The predicted molar refractivity (Wildman–Crippen MR) is 90.0 cm³/mol. The molecule has 0 aliphatic carbocycles. The van der Waals surface area contributed by atoms with Gasteiger partial charge in [-0.25, -0.2) is 9.37 Å². The van der Waals surface area contributed by atoms with Crippen LogP contribution < -0.4 is 10.2 Å². The molecule has 1 aromatic heterocycles. The van der Waals surface area contributed by atoms with E-state index >= 15 is 0 Å². The first-order chi connectivity index (χ1) is 11.2. The molecule has 2 N–H and O–H groups in total. The van der Waals surface area contributed by atoms with Crippen molar-refractivity contribution in [2.24, 2.45) is 5.92 Å². The number of halogens is 1. The molecule has 0 bridgehead atoms. The number of piperidine rings is 1. The van der Waals surface area contributed by atoms with Gasteiger partial charge in [-0.3, -0.25) is 0 Å². The molecule has 0 saturated carbocycles. The Morgan fingerprint density at radius 1 is 1.13 bits per heavy atom. The fraction of sp³-hybridized carbons (Fsp3) is 0.389. The van der Waals surface area contributed by atoms with E-state index in [0.717, 1.165) is 43.0 Å². The van der Waals surface area contributed by atoms with Crippen LogP contribution in [0.15, 0.2) is 42.6 Å². The van der Waals surface area contributed by atoms with Crippen LogP contribution in [-0.4, -0.2) is 29.8 Å². The number of nitrogens with zero attached hydrogens (tertiary/aromatic N) is 2. The van der Waals surface area contributed by atoms with E-state index in [4.69, 9.17) is 0 Å². The first-order valence-corrected chi connectivity index (χ1v) is 8.05. The van der Waals surface area contributed by atoms with Gasteiger partial charge in [0.2, 0.25) is 0 Å². The summed E-state index contributed by atoms with van der Waals surface area (Å²) >= 11 is 0. The van der Waals surface area contributed by atoms with Crippen molar-refractivity contribution in [1.29, 1.82) is 0 Å². The lowest BCUT2D eigenvalue weighted by Crippen LogP contribution is -2.34. The van der Waals surface area contributed by atoms with Crippen LogP contribution >= 0.6 is 0 Å². The number of hydrogen-bond acceptors (Lipinski definition) is 4. The zero-order valence-corrected chi connectivity index (χ0v) is 13.1. The molecule has 5 heteroatoms. The molecule has 0 radical (unpaired) electrons. The zero-order chi connectivity index (χ0) is 16.1. The molecular formula is C18H22FN3O. The monoisotopic (exact) mass is 315 g/mol. The van der Waals surface area contributed by atoms with E-state index in [2.05, 4.69) is 21.3 Å². The molecule has 2 aromatic rings. The highest BCUT2D eigenvalue weighted by Crippen LogP contribution is 2.23. The number of pyridine rings is 1. The second-order valence-electron chi connectivity index (χ2n) is 5.99. The summed E-state index contributed by atoms with van der Waals surface area (Å²) in [6.45, 7) is 2.84. The quantitative estimate of drug-likeness (QED) is 0.890. The van der Waals surface area contributed by atoms with Gasteiger partial charge < -0.3 is 15.3 Å². The Kier molecular flexibility index (Phi) is 5.08. The summed E-state index contributed by atoms with van der Waals surface area (Å²) < 4.78 is 12.9. The average molecular weight is 315 g/mol. The van der Waals surface area contributed by atoms with Crippen molar-refractivity contribution in [3.63, 3.8) is 0 Å². The van der Waals surface area contributed by atoms with Crippen LogP contribution in [0.1, 0.15) is 18.4 Å². The highest BCUT2D eigenvalue weighted by atomic mass is 19.1. The van der Waals surface area contributed by atoms with E-state index < -0.39 is 0 Å². The number of nitrogens with one attached hydrogen (secondary N) is 1. The van der Waals surface area contributed by atoms with Gasteiger partial charge >= 0.3 is 0 Å². The molecule has 0 amide bonds. The molecule has 1 aromatic carbocycles. The summed E-state index contributed by atoms with van der Waals surface area (Å²) in [5, 5.41) is 12.4. The molecule has 3 rings (SSSR count). The third-order valence-corrected chi connectivity index (χ3v) is 4.37. The molecular weight excluding hydrogens is 293 g/mol. The van der Waals surface area contributed by atoms with Crippen molar-refractivity contribution in [3.8, 4) is 0 Å². The molecule has 4 nitrogen and oxygen atoms in total. The van der Waals surface area contributed by atoms with Gasteiger partial charge in [-0.05, 0) is 48.6 Å². The van der Waals surface area contributed by atoms with Crippen LogP contribution in [0.25, 0.3) is 0 Å². The van der Waals surface area contributed by atoms with Crippen molar-refractivity contribution < 1.29 is 9.50 Å².